The van der Waals surface area contributed by atoms with Crippen molar-refractivity contribution >= 4 is 10.9 Å². The second-order valence-electron chi connectivity index (χ2n) is 5.24. The quantitative estimate of drug-likeness (QED) is 0.899. The minimum atomic E-state index is -0.0375. The van der Waals surface area contributed by atoms with Crippen LogP contribution in [0.4, 0.5) is 0 Å². The molecule has 1 aliphatic heterocycles. The summed E-state index contributed by atoms with van der Waals surface area (Å²) < 4.78 is 0. The molecule has 4 heteroatoms. The summed E-state index contributed by atoms with van der Waals surface area (Å²) in [4.78, 5) is 22.0. The summed E-state index contributed by atoms with van der Waals surface area (Å²) >= 11 is 0. The Hall–Kier alpha value is -1.68. The van der Waals surface area contributed by atoms with Gasteiger partial charge in [0, 0.05) is 0 Å². The van der Waals surface area contributed by atoms with E-state index in [1.54, 1.807) is 0 Å². The van der Waals surface area contributed by atoms with E-state index in [1.807, 2.05) is 24.3 Å². The predicted molar refractivity (Wildman–Crippen MR) is 76.2 cm³/mol. The van der Waals surface area contributed by atoms with Gasteiger partial charge in [0.1, 0.15) is 5.82 Å². The van der Waals surface area contributed by atoms with Crippen molar-refractivity contribution in [3.8, 4) is 0 Å². The van der Waals surface area contributed by atoms with Gasteiger partial charge in [-0.2, -0.15) is 0 Å². The maximum Gasteiger partial charge on any atom is 0.258 e. The highest BCUT2D eigenvalue weighted by atomic mass is 16.1. The standard InChI is InChI=1S/C15H19N3O/c1-11(18-9-5-2-6-10-18)14-16-13-8-4-3-7-12(13)15(19)17-14/h3-4,7-8,11H,2,5-6,9-10H2,1H3,(H,16,17,19)/t11-/m1/s1. The molecule has 1 fully saturated rings. The molecule has 1 aromatic heterocycles. The monoisotopic (exact) mass is 257 g/mol. The van der Waals surface area contributed by atoms with E-state index < -0.39 is 0 Å². The lowest BCUT2D eigenvalue weighted by molar-refractivity contribution is 0.169. The van der Waals surface area contributed by atoms with Crippen LogP contribution in [0.2, 0.25) is 0 Å². The topological polar surface area (TPSA) is 49.0 Å². The minimum absolute atomic E-state index is 0.0375. The molecule has 4 nitrogen and oxygen atoms in total. The van der Waals surface area contributed by atoms with Crippen LogP contribution in [-0.2, 0) is 0 Å². The van der Waals surface area contributed by atoms with E-state index in [9.17, 15) is 4.79 Å². The molecule has 100 valence electrons. The first-order chi connectivity index (χ1) is 9.25. The Morgan fingerprint density at radius 2 is 1.95 bits per heavy atom. The van der Waals surface area contributed by atoms with E-state index in [4.69, 9.17) is 0 Å². The Bertz CT molecular complexity index is 629. The van der Waals surface area contributed by atoms with Crippen LogP contribution in [0.1, 0.15) is 38.1 Å². The SMILES string of the molecule is C[C@H](c1nc2ccccc2c(=O)[nH]1)N1CCCCC1. The highest BCUT2D eigenvalue weighted by Crippen LogP contribution is 2.21. The van der Waals surface area contributed by atoms with Gasteiger partial charge in [-0.15, -0.1) is 0 Å². The van der Waals surface area contributed by atoms with Crippen LogP contribution in [0, 0.1) is 0 Å². The molecule has 2 heterocycles. The molecule has 0 spiro atoms. The lowest BCUT2D eigenvalue weighted by atomic mass is 10.1. The molecular weight excluding hydrogens is 238 g/mol. The highest BCUT2D eigenvalue weighted by Gasteiger charge is 2.20. The van der Waals surface area contributed by atoms with Crippen LogP contribution >= 0.6 is 0 Å². The average Bonchev–Trinajstić information content (AvgIpc) is 2.47. The smallest absolute Gasteiger partial charge is 0.258 e. The summed E-state index contributed by atoms with van der Waals surface area (Å²) in [7, 11) is 0. The molecule has 1 N–H and O–H groups in total. The van der Waals surface area contributed by atoms with Gasteiger partial charge >= 0.3 is 0 Å². The molecule has 1 atom stereocenters. The first-order valence-corrected chi connectivity index (χ1v) is 6.99. The van der Waals surface area contributed by atoms with Gasteiger partial charge in [0.25, 0.3) is 5.56 Å². The van der Waals surface area contributed by atoms with Crippen LogP contribution in [0.5, 0.6) is 0 Å². The van der Waals surface area contributed by atoms with Gasteiger partial charge in [-0.3, -0.25) is 9.69 Å². The number of piperidine rings is 1. The van der Waals surface area contributed by atoms with Gasteiger partial charge in [0.15, 0.2) is 0 Å². The van der Waals surface area contributed by atoms with Crippen LogP contribution in [0.3, 0.4) is 0 Å². The van der Waals surface area contributed by atoms with Crippen LogP contribution in [-0.4, -0.2) is 28.0 Å². The fraction of sp³-hybridized carbons (Fsp3) is 0.467. The number of hydrogen-bond donors (Lipinski definition) is 1. The molecule has 0 amide bonds. The summed E-state index contributed by atoms with van der Waals surface area (Å²) in [5.41, 5.74) is 0.745. The maximum atomic E-state index is 12.1. The molecule has 19 heavy (non-hydrogen) atoms. The number of nitrogens with zero attached hydrogens (tertiary/aromatic N) is 2. The Morgan fingerprint density at radius 1 is 1.21 bits per heavy atom. The van der Waals surface area contributed by atoms with Gasteiger partial charge in [-0.1, -0.05) is 18.6 Å². The Morgan fingerprint density at radius 3 is 2.74 bits per heavy atom. The average molecular weight is 257 g/mol. The maximum absolute atomic E-state index is 12.1. The number of likely N-dealkylation sites (tertiary alicyclic amines) is 1. The molecule has 0 saturated carbocycles. The van der Waals surface area contributed by atoms with Gasteiger partial charge in [-0.05, 0) is 45.0 Å². The number of para-hydroxylation sites is 1. The van der Waals surface area contributed by atoms with Crippen molar-refractivity contribution in [3.05, 3.63) is 40.4 Å². The van der Waals surface area contributed by atoms with E-state index in [1.165, 1.54) is 19.3 Å². The lowest BCUT2D eigenvalue weighted by Gasteiger charge is -2.31. The number of aromatic amines is 1. The highest BCUT2D eigenvalue weighted by molar-refractivity contribution is 5.77. The fourth-order valence-electron chi connectivity index (χ4n) is 2.78. The van der Waals surface area contributed by atoms with Crippen molar-refractivity contribution in [1.82, 2.24) is 14.9 Å². The van der Waals surface area contributed by atoms with E-state index >= 15 is 0 Å². The normalized spacial score (nSPS) is 18.6. The van der Waals surface area contributed by atoms with E-state index in [0.717, 1.165) is 24.4 Å². The molecular formula is C15H19N3O. The molecule has 1 saturated heterocycles. The van der Waals surface area contributed by atoms with Gasteiger partial charge in [-0.25, -0.2) is 4.98 Å². The summed E-state index contributed by atoms with van der Waals surface area (Å²) in [6.07, 6.45) is 3.79. The minimum Gasteiger partial charge on any atom is -0.309 e. The number of fused-ring (bicyclic) bond motifs is 1. The number of aromatic nitrogens is 2. The van der Waals surface area contributed by atoms with Gasteiger partial charge in [0.05, 0.1) is 16.9 Å². The molecule has 1 aliphatic rings. The molecule has 0 aliphatic carbocycles. The largest absolute Gasteiger partial charge is 0.309 e. The summed E-state index contributed by atoms with van der Waals surface area (Å²) in [5, 5.41) is 0.664. The third-order valence-corrected chi connectivity index (χ3v) is 3.97. The van der Waals surface area contributed by atoms with E-state index in [0.29, 0.717) is 5.39 Å². The van der Waals surface area contributed by atoms with Crippen molar-refractivity contribution in [2.24, 2.45) is 0 Å². The Kier molecular flexibility index (Phi) is 3.34. The number of nitrogens with one attached hydrogen (secondary N) is 1. The van der Waals surface area contributed by atoms with Crippen molar-refractivity contribution in [2.75, 3.05) is 13.1 Å². The van der Waals surface area contributed by atoms with Crippen LogP contribution in [0.25, 0.3) is 10.9 Å². The number of hydrogen-bond acceptors (Lipinski definition) is 3. The third kappa shape index (κ3) is 2.40. The zero-order chi connectivity index (χ0) is 13.2. The van der Waals surface area contributed by atoms with Crippen molar-refractivity contribution in [1.29, 1.82) is 0 Å². The Labute approximate surface area is 112 Å². The number of benzene rings is 1. The van der Waals surface area contributed by atoms with Crippen molar-refractivity contribution in [3.63, 3.8) is 0 Å². The molecule has 0 radical (unpaired) electrons. The molecule has 2 aromatic rings. The van der Waals surface area contributed by atoms with E-state index in [-0.39, 0.29) is 11.6 Å². The second kappa shape index (κ2) is 5.13. The zero-order valence-corrected chi connectivity index (χ0v) is 11.2. The van der Waals surface area contributed by atoms with Crippen LogP contribution in [0.15, 0.2) is 29.1 Å². The Balaban J connectivity index is 1.98. The lowest BCUT2D eigenvalue weighted by Crippen LogP contribution is -2.34. The van der Waals surface area contributed by atoms with Gasteiger partial charge in [0.2, 0.25) is 0 Å². The number of rotatable bonds is 2. The molecule has 0 unspecified atom stereocenters. The van der Waals surface area contributed by atoms with Crippen molar-refractivity contribution < 1.29 is 0 Å². The second-order valence-corrected chi connectivity index (χ2v) is 5.24. The first kappa shape index (κ1) is 12.4. The molecule has 0 bridgehead atoms. The summed E-state index contributed by atoms with van der Waals surface area (Å²) in [6.45, 7) is 4.31. The summed E-state index contributed by atoms with van der Waals surface area (Å²) in [6, 6.07) is 7.68. The first-order valence-electron chi connectivity index (χ1n) is 6.99. The predicted octanol–water partition coefficient (Wildman–Crippen LogP) is 2.47. The van der Waals surface area contributed by atoms with Crippen molar-refractivity contribution in [2.45, 2.75) is 32.2 Å². The van der Waals surface area contributed by atoms with E-state index in [2.05, 4.69) is 21.8 Å². The molecule has 3 rings (SSSR count). The fourth-order valence-corrected chi connectivity index (χ4v) is 2.78. The third-order valence-electron chi connectivity index (χ3n) is 3.97. The molecule has 1 aromatic carbocycles. The van der Waals surface area contributed by atoms with Gasteiger partial charge < -0.3 is 4.98 Å². The van der Waals surface area contributed by atoms with Crippen LogP contribution < -0.4 is 5.56 Å². The zero-order valence-electron chi connectivity index (χ0n) is 11.2. The number of H-pyrrole nitrogens is 1. The summed E-state index contributed by atoms with van der Waals surface area (Å²) in [5.74, 6) is 0.783.